The van der Waals surface area contributed by atoms with Gasteiger partial charge in [0.05, 0.1) is 35.2 Å². The molecule has 1 aliphatic rings. The molecule has 0 radical (unpaired) electrons. The highest BCUT2D eigenvalue weighted by Gasteiger charge is 2.37. The smallest absolute Gasteiger partial charge is 0.236 e. The molecule has 1 unspecified atom stereocenters. The number of methoxy groups -OCH3 is 1. The standard InChI is InChI=1S/C11H16N2O5S2/c1-18-8-2-3-10(12)11(6-8)13-20(16,17)9-4-5-19(14,15)7-9/h2-3,6,9,13H,4-5,7,12H2,1H3. The molecule has 0 saturated carbocycles. The number of nitrogen functional groups attached to an aromatic ring is 1. The summed E-state index contributed by atoms with van der Waals surface area (Å²) in [6.07, 6.45) is 0.0987. The minimum Gasteiger partial charge on any atom is -0.497 e. The van der Waals surface area contributed by atoms with E-state index in [1.54, 1.807) is 6.07 Å². The molecule has 2 rings (SSSR count). The lowest BCUT2D eigenvalue weighted by molar-refractivity contribution is 0.415. The molecule has 0 aliphatic carbocycles. The maximum atomic E-state index is 12.2. The van der Waals surface area contributed by atoms with Crippen molar-refractivity contribution >= 4 is 31.2 Å². The highest BCUT2D eigenvalue weighted by molar-refractivity contribution is 7.97. The van der Waals surface area contributed by atoms with Crippen molar-refractivity contribution in [1.29, 1.82) is 0 Å². The number of anilines is 2. The minimum atomic E-state index is -3.80. The number of hydrogen-bond donors (Lipinski definition) is 2. The Bertz CT molecular complexity index is 712. The fourth-order valence-corrected chi connectivity index (χ4v) is 6.10. The van der Waals surface area contributed by atoms with E-state index in [1.807, 2.05) is 0 Å². The number of benzene rings is 1. The van der Waals surface area contributed by atoms with Crippen molar-refractivity contribution in [2.45, 2.75) is 11.7 Å². The fraction of sp³-hybridized carbons (Fsp3) is 0.455. The molecule has 1 fully saturated rings. The number of hydrogen-bond acceptors (Lipinski definition) is 6. The summed E-state index contributed by atoms with van der Waals surface area (Å²) >= 11 is 0. The van der Waals surface area contributed by atoms with Gasteiger partial charge in [0.15, 0.2) is 9.84 Å². The van der Waals surface area contributed by atoms with Gasteiger partial charge in [-0.2, -0.15) is 0 Å². The molecule has 1 aliphatic heterocycles. The summed E-state index contributed by atoms with van der Waals surface area (Å²) in [5.74, 6) is -0.00537. The maximum Gasteiger partial charge on any atom is 0.236 e. The molecule has 7 nitrogen and oxygen atoms in total. The van der Waals surface area contributed by atoms with Gasteiger partial charge in [-0.15, -0.1) is 0 Å². The highest BCUT2D eigenvalue weighted by Crippen LogP contribution is 2.28. The van der Waals surface area contributed by atoms with Crippen molar-refractivity contribution in [3.05, 3.63) is 18.2 Å². The molecule has 20 heavy (non-hydrogen) atoms. The number of nitrogens with one attached hydrogen (secondary N) is 1. The van der Waals surface area contributed by atoms with Gasteiger partial charge in [0.25, 0.3) is 0 Å². The van der Waals surface area contributed by atoms with Gasteiger partial charge in [0.1, 0.15) is 5.75 Å². The molecule has 1 aromatic rings. The van der Waals surface area contributed by atoms with Crippen LogP contribution in [0.25, 0.3) is 0 Å². The number of nitrogens with two attached hydrogens (primary N) is 1. The third-order valence-electron chi connectivity index (χ3n) is 3.14. The van der Waals surface area contributed by atoms with E-state index in [9.17, 15) is 16.8 Å². The van der Waals surface area contributed by atoms with E-state index in [-0.39, 0.29) is 29.3 Å². The van der Waals surface area contributed by atoms with Crippen molar-refractivity contribution in [1.82, 2.24) is 0 Å². The lowest BCUT2D eigenvalue weighted by atomic mass is 10.2. The maximum absolute atomic E-state index is 12.2. The second-order valence-electron chi connectivity index (χ2n) is 4.63. The lowest BCUT2D eigenvalue weighted by Crippen LogP contribution is -2.29. The van der Waals surface area contributed by atoms with E-state index in [1.165, 1.54) is 19.2 Å². The molecule has 112 valence electrons. The summed E-state index contributed by atoms with van der Waals surface area (Å²) in [4.78, 5) is 0. The Balaban J connectivity index is 2.25. The van der Waals surface area contributed by atoms with Gasteiger partial charge in [0, 0.05) is 6.07 Å². The predicted molar refractivity (Wildman–Crippen MR) is 77.0 cm³/mol. The molecule has 3 N–H and O–H groups in total. The Kier molecular flexibility index (Phi) is 3.83. The Morgan fingerprint density at radius 1 is 1.40 bits per heavy atom. The van der Waals surface area contributed by atoms with Crippen molar-refractivity contribution < 1.29 is 21.6 Å². The van der Waals surface area contributed by atoms with E-state index in [0.717, 1.165) is 0 Å². The van der Waals surface area contributed by atoms with Crippen molar-refractivity contribution in [2.24, 2.45) is 0 Å². The van der Waals surface area contributed by atoms with Gasteiger partial charge >= 0.3 is 0 Å². The van der Waals surface area contributed by atoms with Crippen LogP contribution in [0.5, 0.6) is 5.75 Å². The first-order valence-electron chi connectivity index (χ1n) is 5.89. The quantitative estimate of drug-likeness (QED) is 0.766. The normalized spacial score (nSPS) is 21.6. The molecule has 0 amide bonds. The molecule has 0 spiro atoms. The monoisotopic (exact) mass is 320 g/mol. The molecule has 1 atom stereocenters. The second kappa shape index (κ2) is 5.13. The van der Waals surface area contributed by atoms with Crippen molar-refractivity contribution in [3.63, 3.8) is 0 Å². The average Bonchev–Trinajstić information content (AvgIpc) is 2.73. The zero-order valence-electron chi connectivity index (χ0n) is 10.9. The van der Waals surface area contributed by atoms with Crippen LogP contribution in [0.2, 0.25) is 0 Å². The number of rotatable bonds is 4. The zero-order valence-corrected chi connectivity index (χ0v) is 12.5. The van der Waals surface area contributed by atoms with Crippen LogP contribution in [-0.2, 0) is 19.9 Å². The van der Waals surface area contributed by atoms with Crippen LogP contribution >= 0.6 is 0 Å². The number of sulfone groups is 1. The third kappa shape index (κ3) is 3.15. The van der Waals surface area contributed by atoms with Crippen molar-refractivity contribution in [3.8, 4) is 5.75 Å². The SMILES string of the molecule is COc1ccc(N)c(NS(=O)(=O)C2CCS(=O)(=O)C2)c1. The fourth-order valence-electron chi connectivity index (χ4n) is 1.99. The molecule has 1 aromatic carbocycles. The second-order valence-corrected chi connectivity index (χ2v) is 8.81. The van der Waals surface area contributed by atoms with E-state index in [0.29, 0.717) is 5.75 Å². The summed E-state index contributed by atoms with van der Waals surface area (Å²) in [6.45, 7) is 0. The average molecular weight is 320 g/mol. The van der Waals surface area contributed by atoms with Gasteiger partial charge in [-0.1, -0.05) is 0 Å². The molecular weight excluding hydrogens is 304 g/mol. The van der Waals surface area contributed by atoms with Crippen LogP contribution in [0.15, 0.2) is 18.2 Å². The van der Waals surface area contributed by atoms with Crippen LogP contribution < -0.4 is 15.2 Å². The van der Waals surface area contributed by atoms with Crippen LogP contribution in [-0.4, -0.2) is 40.7 Å². The molecule has 0 aromatic heterocycles. The lowest BCUT2D eigenvalue weighted by Gasteiger charge is -2.14. The summed E-state index contributed by atoms with van der Waals surface area (Å²) in [5.41, 5.74) is 6.14. The van der Waals surface area contributed by atoms with Crippen LogP contribution in [0.3, 0.4) is 0 Å². The number of sulfonamides is 1. The molecule has 1 heterocycles. The molecular formula is C11H16N2O5S2. The molecule has 0 bridgehead atoms. The third-order valence-corrected chi connectivity index (χ3v) is 6.91. The topological polar surface area (TPSA) is 116 Å². The Labute approximate surface area is 118 Å². The first kappa shape index (κ1) is 14.9. The van der Waals surface area contributed by atoms with Gasteiger partial charge in [-0.05, 0) is 18.6 Å². The van der Waals surface area contributed by atoms with Crippen LogP contribution in [0.1, 0.15) is 6.42 Å². The first-order chi connectivity index (χ1) is 9.23. The largest absolute Gasteiger partial charge is 0.497 e. The van der Waals surface area contributed by atoms with Crippen molar-refractivity contribution in [2.75, 3.05) is 29.1 Å². The Hall–Kier alpha value is -1.48. The Morgan fingerprint density at radius 2 is 2.10 bits per heavy atom. The van der Waals surface area contributed by atoms with E-state index < -0.39 is 25.1 Å². The van der Waals surface area contributed by atoms with E-state index >= 15 is 0 Å². The Morgan fingerprint density at radius 3 is 2.65 bits per heavy atom. The minimum absolute atomic E-state index is 0.0987. The molecule has 1 saturated heterocycles. The van der Waals surface area contributed by atoms with Crippen LogP contribution in [0, 0.1) is 0 Å². The summed E-state index contributed by atoms with van der Waals surface area (Å²) in [5, 5.41) is -0.946. The van der Waals surface area contributed by atoms with Crippen LogP contribution in [0.4, 0.5) is 11.4 Å². The molecule has 9 heteroatoms. The summed E-state index contributed by atoms with van der Waals surface area (Å²) < 4.78 is 54.4. The van der Waals surface area contributed by atoms with E-state index in [4.69, 9.17) is 10.5 Å². The summed E-state index contributed by atoms with van der Waals surface area (Å²) in [7, 11) is -5.61. The highest BCUT2D eigenvalue weighted by atomic mass is 32.2. The number of ether oxygens (including phenoxy) is 1. The first-order valence-corrected chi connectivity index (χ1v) is 9.26. The zero-order chi connectivity index (χ0) is 15.0. The summed E-state index contributed by atoms with van der Waals surface area (Å²) in [6, 6.07) is 4.57. The van der Waals surface area contributed by atoms with Gasteiger partial charge in [-0.25, -0.2) is 16.8 Å². The van der Waals surface area contributed by atoms with Gasteiger partial charge in [0.2, 0.25) is 10.0 Å². The van der Waals surface area contributed by atoms with Gasteiger partial charge < -0.3 is 10.5 Å². The van der Waals surface area contributed by atoms with E-state index in [2.05, 4.69) is 4.72 Å². The van der Waals surface area contributed by atoms with Gasteiger partial charge in [-0.3, -0.25) is 4.72 Å². The predicted octanol–water partition coefficient (Wildman–Crippen LogP) is 0.206.